The first-order valence-corrected chi connectivity index (χ1v) is 6.66. The van der Waals surface area contributed by atoms with E-state index >= 15 is 0 Å². The van der Waals surface area contributed by atoms with E-state index in [1.807, 2.05) is 18.2 Å². The highest BCUT2D eigenvalue weighted by molar-refractivity contribution is 6.03. The van der Waals surface area contributed by atoms with Gasteiger partial charge in [-0.3, -0.25) is 14.7 Å². The molecule has 1 aromatic carbocycles. The minimum atomic E-state index is -0.534. The second-order valence-corrected chi connectivity index (χ2v) is 5.18. The average Bonchev–Trinajstić information content (AvgIpc) is 2.90. The Morgan fingerprint density at radius 3 is 3.10 bits per heavy atom. The van der Waals surface area contributed by atoms with Gasteiger partial charge in [-0.15, -0.1) is 0 Å². The van der Waals surface area contributed by atoms with Crippen LogP contribution < -0.4 is 5.73 Å². The summed E-state index contributed by atoms with van der Waals surface area (Å²) in [7, 11) is 0. The number of primary amides is 1. The number of nitrogens with one attached hydrogen (secondary N) is 1. The fraction of sp³-hybridized carbons (Fsp3) is 0.357. The van der Waals surface area contributed by atoms with Gasteiger partial charge in [-0.2, -0.15) is 5.10 Å². The summed E-state index contributed by atoms with van der Waals surface area (Å²) in [6, 6.07) is 5.85. The minimum Gasteiger partial charge on any atom is -0.364 e. The van der Waals surface area contributed by atoms with Crippen molar-refractivity contribution in [1.29, 1.82) is 0 Å². The third kappa shape index (κ3) is 2.13. The molecule has 3 rings (SSSR count). The Hall–Kier alpha value is -2.37. The van der Waals surface area contributed by atoms with Gasteiger partial charge < -0.3 is 10.6 Å². The van der Waals surface area contributed by atoms with Crippen LogP contribution in [0.15, 0.2) is 18.2 Å². The van der Waals surface area contributed by atoms with E-state index in [2.05, 4.69) is 10.2 Å². The van der Waals surface area contributed by atoms with Crippen LogP contribution in [0.1, 0.15) is 34.8 Å². The van der Waals surface area contributed by atoms with E-state index in [9.17, 15) is 9.59 Å². The van der Waals surface area contributed by atoms with Crippen LogP contribution in [0.5, 0.6) is 0 Å². The fourth-order valence-corrected chi connectivity index (χ4v) is 2.85. The maximum atomic E-state index is 11.2. The number of rotatable bonds is 3. The lowest BCUT2D eigenvalue weighted by Gasteiger charge is -2.30. The maximum Gasteiger partial charge on any atom is 0.269 e. The van der Waals surface area contributed by atoms with Crippen molar-refractivity contribution in [2.75, 3.05) is 13.1 Å². The van der Waals surface area contributed by atoms with Crippen molar-refractivity contribution in [2.24, 2.45) is 5.73 Å². The number of nitrogens with two attached hydrogens (primary N) is 1. The number of benzene rings is 1. The molecule has 104 valence electrons. The molecule has 2 aromatic rings. The summed E-state index contributed by atoms with van der Waals surface area (Å²) in [4.78, 5) is 23.9. The molecule has 1 fully saturated rings. The van der Waals surface area contributed by atoms with Gasteiger partial charge in [-0.25, -0.2) is 0 Å². The van der Waals surface area contributed by atoms with Crippen LogP contribution in [0, 0.1) is 0 Å². The molecule has 2 amide bonds. The predicted molar refractivity (Wildman–Crippen MR) is 74.2 cm³/mol. The Balaban J connectivity index is 1.93. The van der Waals surface area contributed by atoms with Crippen LogP contribution in [0.3, 0.4) is 0 Å². The van der Waals surface area contributed by atoms with Gasteiger partial charge in [0.25, 0.3) is 5.91 Å². The maximum absolute atomic E-state index is 11.2. The Morgan fingerprint density at radius 1 is 1.50 bits per heavy atom. The molecule has 6 heteroatoms. The van der Waals surface area contributed by atoms with Gasteiger partial charge in [0.15, 0.2) is 5.69 Å². The number of aromatic amines is 1. The van der Waals surface area contributed by atoms with E-state index in [-0.39, 0.29) is 5.69 Å². The quantitative estimate of drug-likeness (QED) is 0.816. The van der Waals surface area contributed by atoms with Crippen molar-refractivity contribution < 1.29 is 9.59 Å². The largest absolute Gasteiger partial charge is 0.364 e. The fourth-order valence-electron chi connectivity index (χ4n) is 2.85. The Labute approximate surface area is 115 Å². The van der Waals surface area contributed by atoms with Gasteiger partial charge in [0.05, 0.1) is 5.52 Å². The first-order valence-electron chi connectivity index (χ1n) is 6.66. The lowest BCUT2D eigenvalue weighted by atomic mass is 9.90. The van der Waals surface area contributed by atoms with Crippen molar-refractivity contribution in [1.82, 2.24) is 15.1 Å². The molecule has 0 spiro atoms. The molecule has 1 unspecified atom stereocenters. The van der Waals surface area contributed by atoms with Crippen LogP contribution in [-0.2, 0) is 4.79 Å². The van der Waals surface area contributed by atoms with Gasteiger partial charge in [-0.1, -0.05) is 12.1 Å². The van der Waals surface area contributed by atoms with E-state index < -0.39 is 5.91 Å². The van der Waals surface area contributed by atoms with Crippen molar-refractivity contribution in [2.45, 2.75) is 18.8 Å². The van der Waals surface area contributed by atoms with E-state index in [0.717, 1.165) is 48.8 Å². The number of carbonyl (C=O) groups is 2. The number of H-pyrrole nitrogens is 1. The molecule has 20 heavy (non-hydrogen) atoms. The highest BCUT2D eigenvalue weighted by atomic mass is 16.1. The minimum absolute atomic E-state index is 0.268. The molecule has 1 aromatic heterocycles. The van der Waals surface area contributed by atoms with Gasteiger partial charge >= 0.3 is 0 Å². The summed E-state index contributed by atoms with van der Waals surface area (Å²) < 4.78 is 0. The highest BCUT2D eigenvalue weighted by Gasteiger charge is 2.21. The zero-order chi connectivity index (χ0) is 14.1. The van der Waals surface area contributed by atoms with Crippen LogP contribution in [0.2, 0.25) is 0 Å². The van der Waals surface area contributed by atoms with E-state index in [1.54, 1.807) is 4.90 Å². The number of carbonyl (C=O) groups excluding carboxylic acids is 2. The van der Waals surface area contributed by atoms with Crippen molar-refractivity contribution in [3.05, 3.63) is 29.5 Å². The molecule has 1 aliphatic rings. The molecule has 2 heterocycles. The standard InChI is InChI=1S/C14H16N4O2/c15-14(20)13-11-4-3-9(6-12(11)16-17-13)10-2-1-5-18(7-10)8-19/h3-4,6,8,10H,1-2,5,7H2,(H2,15,20)(H,16,17). The Morgan fingerprint density at radius 2 is 2.35 bits per heavy atom. The first kappa shape index (κ1) is 12.7. The summed E-state index contributed by atoms with van der Waals surface area (Å²) in [5, 5.41) is 7.53. The van der Waals surface area contributed by atoms with Crippen LogP contribution in [0.25, 0.3) is 10.9 Å². The van der Waals surface area contributed by atoms with E-state index in [0.29, 0.717) is 5.92 Å². The third-order valence-corrected chi connectivity index (χ3v) is 3.89. The van der Waals surface area contributed by atoms with Gasteiger partial charge in [-0.05, 0) is 24.5 Å². The molecule has 1 atom stereocenters. The number of fused-ring (bicyclic) bond motifs is 1. The Bertz CT molecular complexity index is 664. The van der Waals surface area contributed by atoms with Crippen LogP contribution in [0.4, 0.5) is 0 Å². The predicted octanol–water partition coefficient (Wildman–Crippen LogP) is 0.998. The summed E-state index contributed by atoms with van der Waals surface area (Å²) in [6.45, 7) is 1.57. The van der Waals surface area contributed by atoms with Gasteiger partial charge in [0, 0.05) is 24.4 Å². The van der Waals surface area contributed by atoms with Crippen molar-refractivity contribution in [3.8, 4) is 0 Å². The second kappa shape index (κ2) is 4.96. The second-order valence-electron chi connectivity index (χ2n) is 5.18. The zero-order valence-electron chi connectivity index (χ0n) is 11.0. The summed E-state index contributed by atoms with van der Waals surface area (Å²) in [5.41, 5.74) is 7.50. The molecule has 0 bridgehead atoms. The van der Waals surface area contributed by atoms with Gasteiger partial charge in [0.1, 0.15) is 0 Å². The molecule has 1 saturated heterocycles. The lowest BCUT2D eigenvalue weighted by Crippen LogP contribution is -2.33. The molecule has 3 N–H and O–H groups in total. The van der Waals surface area contributed by atoms with Crippen molar-refractivity contribution >= 4 is 23.2 Å². The molecular formula is C14H16N4O2. The van der Waals surface area contributed by atoms with Crippen LogP contribution in [-0.4, -0.2) is 40.5 Å². The Kier molecular flexibility index (Phi) is 3.14. The topological polar surface area (TPSA) is 92.1 Å². The summed E-state index contributed by atoms with van der Waals surface area (Å²) in [5.74, 6) is -0.201. The SMILES string of the molecule is NC(=O)c1n[nH]c2cc(C3CCCN(C=O)C3)ccc12. The normalized spacial score (nSPS) is 19.2. The summed E-state index contributed by atoms with van der Waals surface area (Å²) >= 11 is 0. The highest BCUT2D eigenvalue weighted by Crippen LogP contribution is 2.28. The molecule has 0 radical (unpaired) electrons. The molecule has 0 saturated carbocycles. The average molecular weight is 272 g/mol. The van der Waals surface area contributed by atoms with Crippen LogP contribution >= 0.6 is 0 Å². The van der Waals surface area contributed by atoms with E-state index in [1.165, 1.54) is 0 Å². The molecule has 1 aliphatic heterocycles. The number of amides is 2. The number of likely N-dealkylation sites (tertiary alicyclic amines) is 1. The summed E-state index contributed by atoms with van der Waals surface area (Å²) in [6.07, 6.45) is 2.98. The number of hydrogen-bond donors (Lipinski definition) is 2. The number of aromatic nitrogens is 2. The molecule has 6 nitrogen and oxygen atoms in total. The number of nitrogens with zero attached hydrogens (tertiary/aromatic N) is 2. The molecule has 0 aliphatic carbocycles. The van der Waals surface area contributed by atoms with Gasteiger partial charge in [0.2, 0.25) is 6.41 Å². The number of piperidine rings is 1. The number of hydrogen-bond acceptors (Lipinski definition) is 3. The lowest BCUT2D eigenvalue weighted by molar-refractivity contribution is -0.119. The zero-order valence-corrected chi connectivity index (χ0v) is 11.0. The van der Waals surface area contributed by atoms with Crippen molar-refractivity contribution in [3.63, 3.8) is 0 Å². The molecular weight excluding hydrogens is 256 g/mol. The smallest absolute Gasteiger partial charge is 0.269 e. The first-order chi connectivity index (χ1) is 9.69. The third-order valence-electron chi connectivity index (χ3n) is 3.89. The monoisotopic (exact) mass is 272 g/mol. The van der Waals surface area contributed by atoms with E-state index in [4.69, 9.17) is 5.73 Å².